The van der Waals surface area contributed by atoms with E-state index in [9.17, 15) is 4.79 Å². The number of piperidine rings is 1. The number of likely N-dealkylation sites (tertiary alicyclic amines) is 2. The molecule has 7 nitrogen and oxygen atoms in total. The number of carbonyl (C=O) groups excluding carboxylic acids is 1. The van der Waals surface area contributed by atoms with Crippen molar-refractivity contribution in [1.29, 1.82) is 0 Å². The topological polar surface area (TPSA) is 67.2 Å². The first kappa shape index (κ1) is 16.0. The number of aromatic nitrogens is 4. The van der Waals surface area contributed by atoms with Crippen LogP contribution in [0.3, 0.4) is 0 Å². The lowest BCUT2D eigenvalue weighted by Gasteiger charge is -2.42. The van der Waals surface area contributed by atoms with Gasteiger partial charge in [-0.3, -0.25) is 4.79 Å². The van der Waals surface area contributed by atoms with Crippen molar-refractivity contribution in [3.63, 3.8) is 0 Å². The van der Waals surface area contributed by atoms with Crippen LogP contribution in [0.4, 0.5) is 0 Å². The summed E-state index contributed by atoms with van der Waals surface area (Å²) in [7, 11) is 0. The zero-order valence-electron chi connectivity index (χ0n) is 14.4. The smallest absolute Gasteiger partial charge is 0.230 e. The molecule has 7 heteroatoms. The molecular weight excluding hydrogens is 304 g/mol. The molecule has 1 amide bonds. The first-order valence-corrected chi connectivity index (χ1v) is 9.51. The van der Waals surface area contributed by atoms with Crippen molar-refractivity contribution in [2.75, 3.05) is 26.2 Å². The minimum atomic E-state index is -0.0876. The minimum Gasteiger partial charge on any atom is -0.339 e. The number of nitrogens with zero attached hydrogens (tertiary/aromatic N) is 6. The van der Waals surface area contributed by atoms with E-state index in [-0.39, 0.29) is 5.41 Å². The Morgan fingerprint density at radius 3 is 2.79 bits per heavy atom. The molecule has 132 valence electrons. The third-order valence-corrected chi connectivity index (χ3v) is 6.22. The minimum absolute atomic E-state index is 0.0876. The first-order chi connectivity index (χ1) is 11.8. The maximum absolute atomic E-state index is 13.2. The van der Waals surface area contributed by atoms with E-state index in [0.717, 1.165) is 52.0 Å². The standard InChI is InChI=1S/C17H28N6O/c24-16-17(7-3-11-23(16)15-5-1-2-6-15)8-12-21(13-17)9-4-10-22-14-18-19-20-22/h14-15H,1-13H2/t17-/m0/s1. The molecule has 0 aromatic carbocycles. The van der Waals surface area contributed by atoms with Gasteiger partial charge in [-0.1, -0.05) is 12.8 Å². The molecule has 1 atom stereocenters. The summed E-state index contributed by atoms with van der Waals surface area (Å²) in [6.07, 6.45) is 11.0. The Kier molecular flexibility index (Phi) is 4.52. The normalized spacial score (nSPS) is 29.2. The van der Waals surface area contributed by atoms with Gasteiger partial charge in [0.1, 0.15) is 6.33 Å². The molecule has 1 aliphatic carbocycles. The van der Waals surface area contributed by atoms with Crippen LogP contribution in [0.5, 0.6) is 0 Å². The van der Waals surface area contributed by atoms with Gasteiger partial charge in [-0.2, -0.15) is 0 Å². The predicted molar refractivity (Wildman–Crippen MR) is 89.1 cm³/mol. The molecule has 1 aromatic heterocycles. The van der Waals surface area contributed by atoms with Gasteiger partial charge in [0.2, 0.25) is 5.91 Å². The summed E-state index contributed by atoms with van der Waals surface area (Å²) < 4.78 is 1.78. The van der Waals surface area contributed by atoms with Crippen LogP contribution in [-0.2, 0) is 11.3 Å². The quantitative estimate of drug-likeness (QED) is 0.813. The van der Waals surface area contributed by atoms with Crippen LogP contribution in [0.2, 0.25) is 0 Å². The Balaban J connectivity index is 1.32. The van der Waals surface area contributed by atoms with Gasteiger partial charge in [-0.15, -0.1) is 5.10 Å². The fourth-order valence-corrected chi connectivity index (χ4v) is 4.93. The number of carbonyl (C=O) groups is 1. The zero-order valence-corrected chi connectivity index (χ0v) is 14.4. The van der Waals surface area contributed by atoms with Crippen molar-refractivity contribution >= 4 is 5.91 Å². The molecule has 0 N–H and O–H groups in total. The molecule has 3 fully saturated rings. The van der Waals surface area contributed by atoms with Gasteiger partial charge in [0.15, 0.2) is 0 Å². The summed E-state index contributed by atoms with van der Waals surface area (Å²) >= 11 is 0. The molecule has 2 saturated heterocycles. The molecule has 1 spiro atoms. The van der Waals surface area contributed by atoms with Gasteiger partial charge in [0, 0.05) is 25.7 Å². The van der Waals surface area contributed by atoms with Crippen LogP contribution in [0.1, 0.15) is 51.4 Å². The fraction of sp³-hybridized carbons (Fsp3) is 0.882. The Bertz CT molecular complexity index is 555. The monoisotopic (exact) mass is 332 g/mol. The molecule has 24 heavy (non-hydrogen) atoms. The van der Waals surface area contributed by atoms with E-state index in [0.29, 0.717) is 11.9 Å². The van der Waals surface area contributed by atoms with E-state index in [1.807, 2.05) is 0 Å². The third kappa shape index (κ3) is 3.06. The van der Waals surface area contributed by atoms with Crippen molar-refractivity contribution in [1.82, 2.24) is 30.0 Å². The summed E-state index contributed by atoms with van der Waals surface area (Å²) in [4.78, 5) is 17.9. The molecule has 0 radical (unpaired) electrons. The van der Waals surface area contributed by atoms with E-state index in [1.165, 1.54) is 32.1 Å². The highest BCUT2D eigenvalue weighted by Gasteiger charge is 2.49. The van der Waals surface area contributed by atoms with Crippen molar-refractivity contribution in [2.45, 2.75) is 64.0 Å². The molecule has 1 aromatic rings. The highest BCUT2D eigenvalue weighted by atomic mass is 16.2. The SMILES string of the molecule is O=C1N(C2CCCC2)CCC[C@@]12CCN(CCCn1cnnn1)C2. The largest absolute Gasteiger partial charge is 0.339 e. The van der Waals surface area contributed by atoms with Crippen molar-refractivity contribution in [2.24, 2.45) is 5.41 Å². The molecule has 1 saturated carbocycles. The number of aryl methyl sites for hydroxylation is 1. The summed E-state index contributed by atoms with van der Waals surface area (Å²) in [5.41, 5.74) is -0.0876. The van der Waals surface area contributed by atoms with E-state index in [4.69, 9.17) is 0 Å². The highest BCUT2D eigenvalue weighted by molar-refractivity contribution is 5.84. The summed E-state index contributed by atoms with van der Waals surface area (Å²) in [6.45, 7) is 4.87. The average molecular weight is 332 g/mol. The number of tetrazole rings is 1. The fourth-order valence-electron chi connectivity index (χ4n) is 4.93. The molecule has 3 aliphatic rings. The maximum atomic E-state index is 13.2. The lowest BCUT2D eigenvalue weighted by atomic mass is 9.77. The van der Waals surface area contributed by atoms with Crippen LogP contribution in [0.25, 0.3) is 0 Å². The van der Waals surface area contributed by atoms with Gasteiger partial charge in [0.25, 0.3) is 0 Å². The highest BCUT2D eigenvalue weighted by Crippen LogP contribution is 2.42. The van der Waals surface area contributed by atoms with Gasteiger partial charge >= 0.3 is 0 Å². The number of hydrogen-bond acceptors (Lipinski definition) is 5. The van der Waals surface area contributed by atoms with Crippen LogP contribution in [-0.4, -0.2) is 68.1 Å². The van der Waals surface area contributed by atoms with Crippen LogP contribution in [0, 0.1) is 5.41 Å². The molecule has 2 aliphatic heterocycles. The van der Waals surface area contributed by atoms with Crippen molar-refractivity contribution in [3.05, 3.63) is 6.33 Å². The second-order valence-corrected chi connectivity index (χ2v) is 7.77. The first-order valence-electron chi connectivity index (χ1n) is 9.51. The van der Waals surface area contributed by atoms with Gasteiger partial charge in [-0.05, 0) is 62.0 Å². The summed E-state index contributed by atoms with van der Waals surface area (Å²) in [5, 5.41) is 11.2. The molecular formula is C17H28N6O. The molecule has 4 rings (SSSR count). The lowest BCUT2D eigenvalue weighted by Crippen LogP contribution is -2.53. The number of amides is 1. The predicted octanol–water partition coefficient (Wildman–Crippen LogP) is 1.32. The van der Waals surface area contributed by atoms with E-state index >= 15 is 0 Å². The Labute approximate surface area is 143 Å². The van der Waals surface area contributed by atoms with Crippen LogP contribution >= 0.6 is 0 Å². The van der Waals surface area contributed by atoms with Gasteiger partial charge in [0.05, 0.1) is 5.41 Å². The molecule has 0 unspecified atom stereocenters. The Morgan fingerprint density at radius 2 is 2.00 bits per heavy atom. The zero-order chi connectivity index (χ0) is 16.4. The molecule has 3 heterocycles. The molecule has 0 bridgehead atoms. The summed E-state index contributed by atoms with van der Waals surface area (Å²) in [5.74, 6) is 0.462. The second kappa shape index (κ2) is 6.78. The second-order valence-electron chi connectivity index (χ2n) is 7.77. The Morgan fingerprint density at radius 1 is 1.12 bits per heavy atom. The third-order valence-electron chi connectivity index (χ3n) is 6.22. The average Bonchev–Trinajstić information content (AvgIpc) is 3.33. The van der Waals surface area contributed by atoms with Crippen LogP contribution < -0.4 is 0 Å². The van der Waals surface area contributed by atoms with E-state index in [1.54, 1.807) is 11.0 Å². The maximum Gasteiger partial charge on any atom is 0.230 e. The Hall–Kier alpha value is -1.50. The number of hydrogen-bond donors (Lipinski definition) is 0. The van der Waals surface area contributed by atoms with Gasteiger partial charge in [-0.25, -0.2) is 4.68 Å². The number of rotatable bonds is 5. The van der Waals surface area contributed by atoms with Crippen molar-refractivity contribution in [3.8, 4) is 0 Å². The van der Waals surface area contributed by atoms with E-state index in [2.05, 4.69) is 25.3 Å². The lowest BCUT2D eigenvalue weighted by molar-refractivity contribution is -0.148. The summed E-state index contributed by atoms with van der Waals surface area (Å²) in [6, 6.07) is 0.531. The van der Waals surface area contributed by atoms with Crippen LogP contribution in [0.15, 0.2) is 6.33 Å². The van der Waals surface area contributed by atoms with E-state index < -0.39 is 0 Å². The van der Waals surface area contributed by atoms with Crippen molar-refractivity contribution < 1.29 is 4.79 Å². The van der Waals surface area contributed by atoms with Gasteiger partial charge < -0.3 is 9.80 Å².